The van der Waals surface area contributed by atoms with Crippen LogP contribution in [-0.2, 0) is 4.79 Å². The SMILES string of the molecule is CC(Sc1ccc(Br)cc1)C(=O)NC(N)=O. The Balaban J connectivity index is 2.57. The lowest BCUT2D eigenvalue weighted by atomic mass is 10.4. The number of benzene rings is 1. The predicted molar refractivity (Wildman–Crippen MR) is 67.2 cm³/mol. The molecule has 0 aliphatic heterocycles. The number of nitrogens with one attached hydrogen (secondary N) is 1. The second kappa shape index (κ2) is 5.91. The molecule has 0 heterocycles. The quantitative estimate of drug-likeness (QED) is 0.840. The van der Waals surface area contributed by atoms with E-state index in [1.54, 1.807) is 6.92 Å². The first kappa shape index (κ1) is 13.1. The number of amides is 3. The van der Waals surface area contributed by atoms with Gasteiger partial charge in [0.25, 0.3) is 0 Å². The molecule has 16 heavy (non-hydrogen) atoms. The van der Waals surface area contributed by atoms with Gasteiger partial charge < -0.3 is 5.73 Å². The summed E-state index contributed by atoms with van der Waals surface area (Å²) in [6.07, 6.45) is 0. The van der Waals surface area contributed by atoms with Gasteiger partial charge in [0.2, 0.25) is 5.91 Å². The highest BCUT2D eigenvalue weighted by Crippen LogP contribution is 2.24. The summed E-state index contributed by atoms with van der Waals surface area (Å²) in [5, 5.41) is 1.68. The molecule has 0 saturated heterocycles. The molecular formula is C10H11BrN2O2S. The Morgan fingerprint density at radius 3 is 2.44 bits per heavy atom. The van der Waals surface area contributed by atoms with Crippen molar-refractivity contribution in [2.45, 2.75) is 17.1 Å². The molecule has 1 rings (SSSR count). The van der Waals surface area contributed by atoms with E-state index in [0.717, 1.165) is 9.37 Å². The number of thioether (sulfide) groups is 1. The lowest BCUT2D eigenvalue weighted by Crippen LogP contribution is -2.39. The lowest BCUT2D eigenvalue weighted by molar-refractivity contribution is -0.119. The van der Waals surface area contributed by atoms with Crippen molar-refractivity contribution in [3.8, 4) is 0 Å². The molecule has 3 amide bonds. The molecule has 1 atom stereocenters. The molecule has 0 fully saturated rings. The summed E-state index contributed by atoms with van der Waals surface area (Å²) in [5.74, 6) is -0.389. The molecule has 0 radical (unpaired) electrons. The van der Waals surface area contributed by atoms with Crippen LogP contribution in [0, 0.1) is 0 Å². The number of primary amides is 1. The van der Waals surface area contributed by atoms with Crippen LogP contribution in [0.15, 0.2) is 33.6 Å². The maximum atomic E-state index is 11.4. The van der Waals surface area contributed by atoms with E-state index in [1.165, 1.54) is 11.8 Å². The summed E-state index contributed by atoms with van der Waals surface area (Å²) in [6, 6.07) is 6.74. The van der Waals surface area contributed by atoms with Crippen LogP contribution < -0.4 is 11.1 Å². The minimum Gasteiger partial charge on any atom is -0.351 e. The van der Waals surface area contributed by atoms with Crippen LogP contribution in [0.25, 0.3) is 0 Å². The number of hydrogen-bond donors (Lipinski definition) is 2. The first-order valence-electron chi connectivity index (χ1n) is 4.51. The number of carbonyl (C=O) groups excluding carboxylic acids is 2. The van der Waals surface area contributed by atoms with Crippen LogP contribution in [0.4, 0.5) is 4.79 Å². The van der Waals surface area contributed by atoms with Crippen LogP contribution >= 0.6 is 27.7 Å². The van der Waals surface area contributed by atoms with Gasteiger partial charge in [0.1, 0.15) is 0 Å². The Morgan fingerprint density at radius 1 is 1.38 bits per heavy atom. The van der Waals surface area contributed by atoms with Crippen molar-refractivity contribution in [3.63, 3.8) is 0 Å². The van der Waals surface area contributed by atoms with Gasteiger partial charge in [-0.05, 0) is 31.2 Å². The van der Waals surface area contributed by atoms with E-state index in [9.17, 15) is 9.59 Å². The van der Waals surface area contributed by atoms with Crippen molar-refractivity contribution in [3.05, 3.63) is 28.7 Å². The van der Waals surface area contributed by atoms with Crippen LogP contribution in [-0.4, -0.2) is 17.2 Å². The van der Waals surface area contributed by atoms with Gasteiger partial charge in [0.05, 0.1) is 5.25 Å². The normalized spacial score (nSPS) is 11.9. The zero-order chi connectivity index (χ0) is 12.1. The molecule has 0 aliphatic carbocycles. The fourth-order valence-corrected chi connectivity index (χ4v) is 2.13. The molecule has 1 aromatic rings. The number of carbonyl (C=O) groups is 2. The fourth-order valence-electron chi connectivity index (χ4n) is 0.994. The molecular weight excluding hydrogens is 292 g/mol. The largest absolute Gasteiger partial charge is 0.351 e. The lowest BCUT2D eigenvalue weighted by Gasteiger charge is -2.09. The van der Waals surface area contributed by atoms with E-state index in [-0.39, 0.29) is 11.2 Å². The molecule has 1 aromatic carbocycles. The zero-order valence-corrected chi connectivity index (χ0v) is 11.0. The monoisotopic (exact) mass is 302 g/mol. The number of imide groups is 1. The van der Waals surface area contributed by atoms with Gasteiger partial charge in [0.15, 0.2) is 0 Å². The van der Waals surface area contributed by atoms with Gasteiger partial charge in [0, 0.05) is 9.37 Å². The minimum atomic E-state index is -0.826. The van der Waals surface area contributed by atoms with Crippen molar-refractivity contribution < 1.29 is 9.59 Å². The first-order chi connectivity index (χ1) is 7.49. The number of nitrogens with two attached hydrogens (primary N) is 1. The van der Waals surface area contributed by atoms with E-state index in [1.807, 2.05) is 29.6 Å². The average Bonchev–Trinajstić information content (AvgIpc) is 2.20. The highest BCUT2D eigenvalue weighted by molar-refractivity contribution is 9.10. The van der Waals surface area contributed by atoms with Crippen LogP contribution in [0.2, 0.25) is 0 Å². The van der Waals surface area contributed by atoms with E-state index in [0.29, 0.717) is 0 Å². The van der Waals surface area contributed by atoms with Crippen LogP contribution in [0.5, 0.6) is 0 Å². The Labute approximate surface area is 106 Å². The molecule has 1 unspecified atom stereocenters. The summed E-state index contributed by atoms with van der Waals surface area (Å²) in [5.41, 5.74) is 4.86. The van der Waals surface area contributed by atoms with Gasteiger partial charge in [-0.2, -0.15) is 0 Å². The third-order valence-corrected chi connectivity index (χ3v) is 3.38. The summed E-state index contributed by atoms with van der Waals surface area (Å²) in [4.78, 5) is 22.8. The standard InChI is InChI=1S/C10H11BrN2O2S/c1-6(9(14)13-10(12)15)16-8-4-2-7(11)3-5-8/h2-6H,1H3,(H3,12,13,14,15). The molecule has 0 aliphatic rings. The molecule has 0 aromatic heterocycles. The second-order valence-corrected chi connectivity index (χ2v) is 5.40. The third-order valence-electron chi connectivity index (χ3n) is 1.74. The summed E-state index contributed by atoms with van der Waals surface area (Å²) >= 11 is 4.69. The van der Waals surface area contributed by atoms with E-state index in [2.05, 4.69) is 15.9 Å². The van der Waals surface area contributed by atoms with Gasteiger partial charge in [-0.25, -0.2) is 4.79 Å². The van der Waals surface area contributed by atoms with E-state index < -0.39 is 6.03 Å². The zero-order valence-electron chi connectivity index (χ0n) is 8.57. The Kier molecular flexibility index (Phi) is 4.82. The smallest absolute Gasteiger partial charge is 0.318 e. The average molecular weight is 303 g/mol. The maximum Gasteiger partial charge on any atom is 0.318 e. The summed E-state index contributed by atoms with van der Waals surface area (Å²) < 4.78 is 0.978. The number of urea groups is 1. The van der Waals surface area contributed by atoms with Crippen molar-refractivity contribution in [1.29, 1.82) is 0 Å². The van der Waals surface area contributed by atoms with Gasteiger partial charge in [-0.3, -0.25) is 10.1 Å². The van der Waals surface area contributed by atoms with Crippen molar-refractivity contribution in [2.24, 2.45) is 5.73 Å². The molecule has 4 nitrogen and oxygen atoms in total. The Hall–Kier alpha value is -1.01. The second-order valence-electron chi connectivity index (χ2n) is 3.07. The van der Waals surface area contributed by atoms with Gasteiger partial charge in [-0.1, -0.05) is 15.9 Å². The van der Waals surface area contributed by atoms with Crippen LogP contribution in [0.3, 0.4) is 0 Å². The molecule has 0 bridgehead atoms. The number of hydrogen-bond acceptors (Lipinski definition) is 3. The van der Waals surface area contributed by atoms with E-state index >= 15 is 0 Å². The molecule has 6 heteroatoms. The molecule has 86 valence electrons. The summed E-state index contributed by atoms with van der Waals surface area (Å²) in [7, 11) is 0. The maximum absolute atomic E-state index is 11.4. The van der Waals surface area contributed by atoms with Crippen molar-refractivity contribution in [2.75, 3.05) is 0 Å². The predicted octanol–water partition coefficient (Wildman–Crippen LogP) is 2.12. The number of rotatable bonds is 3. The van der Waals surface area contributed by atoms with Gasteiger partial charge in [-0.15, -0.1) is 11.8 Å². The summed E-state index contributed by atoms with van der Waals surface area (Å²) in [6.45, 7) is 1.71. The fraction of sp³-hybridized carbons (Fsp3) is 0.200. The van der Waals surface area contributed by atoms with E-state index in [4.69, 9.17) is 5.73 Å². The van der Waals surface area contributed by atoms with Gasteiger partial charge >= 0.3 is 6.03 Å². The minimum absolute atomic E-state index is 0.367. The highest BCUT2D eigenvalue weighted by Gasteiger charge is 2.15. The Morgan fingerprint density at radius 2 is 1.94 bits per heavy atom. The van der Waals surface area contributed by atoms with Crippen molar-refractivity contribution >= 4 is 39.6 Å². The van der Waals surface area contributed by atoms with Crippen LogP contribution in [0.1, 0.15) is 6.92 Å². The topological polar surface area (TPSA) is 72.2 Å². The molecule has 0 saturated carbocycles. The number of halogens is 1. The van der Waals surface area contributed by atoms with Crippen molar-refractivity contribution in [1.82, 2.24) is 5.32 Å². The third kappa shape index (κ3) is 4.24. The highest BCUT2D eigenvalue weighted by atomic mass is 79.9. The first-order valence-corrected chi connectivity index (χ1v) is 6.19. The Bertz CT molecular complexity index is 394. The molecule has 0 spiro atoms. The molecule has 3 N–H and O–H groups in total.